The molecule has 112 valence electrons. The van der Waals surface area contributed by atoms with Gasteiger partial charge in [-0.2, -0.15) is 0 Å². The van der Waals surface area contributed by atoms with Crippen molar-refractivity contribution in [2.75, 3.05) is 0 Å². The Bertz CT molecular complexity index is 638. The van der Waals surface area contributed by atoms with Gasteiger partial charge >= 0.3 is 0 Å². The van der Waals surface area contributed by atoms with Gasteiger partial charge in [-0.3, -0.25) is 4.79 Å². The first kappa shape index (κ1) is 15.8. The minimum absolute atomic E-state index is 0.0152. The molecule has 1 heterocycles. The van der Waals surface area contributed by atoms with Gasteiger partial charge in [0.05, 0.1) is 5.38 Å². The highest BCUT2D eigenvalue weighted by molar-refractivity contribution is 6.33. The number of carbonyl (C=O) groups excluding carboxylic acids is 1. The van der Waals surface area contributed by atoms with E-state index < -0.39 is 5.38 Å². The quantitative estimate of drug-likeness (QED) is 0.571. The lowest BCUT2D eigenvalue weighted by molar-refractivity contribution is 0.0991. The molecular formula is C18H22ClNO. The third-order valence-electron chi connectivity index (χ3n) is 3.79. The van der Waals surface area contributed by atoms with Crippen LogP contribution in [0.1, 0.15) is 47.6 Å². The SMILES string of the molecule is CCCc1ccc(-n2c(C)cc(C(=O)C(C)Cl)c2C)cc1. The third kappa shape index (κ3) is 3.21. The average molecular weight is 304 g/mol. The van der Waals surface area contributed by atoms with Crippen LogP contribution >= 0.6 is 11.6 Å². The van der Waals surface area contributed by atoms with Crippen molar-refractivity contribution in [2.24, 2.45) is 0 Å². The largest absolute Gasteiger partial charge is 0.318 e. The van der Waals surface area contributed by atoms with Crippen molar-refractivity contribution in [2.45, 2.75) is 45.9 Å². The van der Waals surface area contributed by atoms with Gasteiger partial charge in [-0.1, -0.05) is 25.5 Å². The minimum Gasteiger partial charge on any atom is -0.318 e. The predicted octanol–water partition coefficient (Wildman–Crippen LogP) is 4.86. The fourth-order valence-electron chi connectivity index (χ4n) is 2.72. The molecule has 0 saturated heterocycles. The van der Waals surface area contributed by atoms with Crippen molar-refractivity contribution in [3.63, 3.8) is 0 Å². The summed E-state index contributed by atoms with van der Waals surface area (Å²) < 4.78 is 2.11. The highest BCUT2D eigenvalue weighted by atomic mass is 35.5. The molecular weight excluding hydrogens is 282 g/mol. The molecule has 0 spiro atoms. The molecule has 0 N–H and O–H groups in total. The van der Waals surface area contributed by atoms with Crippen LogP contribution in [0, 0.1) is 13.8 Å². The molecule has 21 heavy (non-hydrogen) atoms. The van der Waals surface area contributed by atoms with E-state index in [2.05, 4.69) is 35.8 Å². The highest BCUT2D eigenvalue weighted by Crippen LogP contribution is 2.23. The number of rotatable bonds is 5. The van der Waals surface area contributed by atoms with Crippen LogP contribution in [0.4, 0.5) is 0 Å². The summed E-state index contributed by atoms with van der Waals surface area (Å²) in [5.74, 6) is -0.0152. The normalized spacial score (nSPS) is 12.4. The minimum atomic E-state index is -0.495. The molecule has 0 aliphatic carbocycles. The number of aromatic nitrogens is 1. The third-order valence-corrected chi connectivity index (χ3v) is 3.99. The predicted molar refractivity (Wildman–Crippen MR) is 88.9 cm³/mol. The fraction of sp³-hybridized carbons (Fsp3) is 0.389. The van der Waals surface area contributed by atoms with Gasteiger partial charge in [0.2, 0.25) is 0 Å². The maximum Gasteiger partial charge on any atom is 0.182 e. The van der Waals surface area contributed by atoms with Crippen LogP contribution in [0.5, 0.6) is 0 Å². The van der Waals surface area contributed by atoms with Crippen LogP contribution < -0.4 is 0 Å². The molecule has 1 aromatic carbocycles. The maximum atomic E-state index is 12.2. The summed E-state index contributed by atoms with van der Waals surface area (Å²) in [6.45, 7) is 7.89. The average Bonchev–Trinajstić information content (AvgIpc) is 2.74. The molecule has 3 heteroatoms. The summed E-state index contributed by atoms with van der Waals surface area (Å²) in [4.78, 5) is 12.2. The number of halogens is 1. The van der Waals surface area contributed by atoms with Crippen molar-refractivity contribution in [3.05, 3.63) is 52.8 Å². The van der Waals surface area contributed by atoms with E-state index in [9.17, 15) is 4.79 Å². The molecule has 0 bridgehead atoms. The van der Waals surface area contributed by atoms with E-state index in [1.807, 2.05) is 19.9 Å². The summed E-state index contributed by atoms with van der Waals surface area (Å²) in [5, 5.41) is -0.495. The Balaban J connectivity index is 2.42. The number of hydrogen-bond acceptors (Lipinski definition) is 1. The summed E-state index contributed by atoms with van der Waals surface area (Å²) in [5.41, 5.74) is 5.15. The Labute approximate surface area is 131 Å². The van der Waals surface area contributed by atoms with Gasteiger partial charge in [-0.15, -0.1) is 11.6 Å². The first-order valence-electron chi connectivity index (χ1n) is 7.42. The van der Waals surface area contributed by atoms with Crippen LogP contribution in [0.2, 0.25) is 0 Å². The first-order valence-corrected chi connectivity index (χ1v) is 7.86. The van der Waals surface area contributed by atoms with E-state index in [4.69, 9.17) is 11.6 Å². The number of alkyl halides is 1. The van der Waals surface area contributed by atoms with Crippen LogP contribution in [0.3, 0.4) is 0 Å². The molecule has 0 saturated carbocycles. The molecule has 0 amide bonds. The summed E-state index contributed by atoms with van der Waals surface area (Å²) in [6, 6.07) is 10.5. The zero-order chi connectivity index (χ0) is 15.6. The summed E-state index contributed by atoms with van der Waals surface area (Å²) >= 11 is 5.94. The molecule has 2 rings (SSSR count). The number of hydrogen-bond donors (Lipinski definition) is 0. The molecule has 0 radical (unpaired) electrons. The zero-order valence-electron chi connectivity index (χ0n) is 13.1. The van der Waals surface area contributed by atoms with Gasteiger partial charge in [0, 0.05) is 22.6 Å². The second-order valence-electron chi connectivity index (χ2n) is 5.52. The lowest BCUT2D eigenvalue weighted by Crippen LogP contribution is -2.11. The number of ketones is 1. The van der Waals surface area contributed by atoms with Gasteiger partial charge in [-0.05, 0) is 51.0 Å². The van der Waals surface area contributed by atoms with E-state index in [0.29, 0.717) is 5.56 Å². The number of Topliss-reactive ketones (excluding diaryl/α,β-unsaturated/α-hetero) is 1. The Morgan fingerprint density at radius 2 is 1.86 bits per heavy atom. The zero-order valence-corrected chi connectivity index (χ0v) is 13.9. The second-order valence-corrected chi connectivity index (χ2v) is 6.17. The van der Waals surface area contributed by atoms with Crippen molar-refractivity contribution >= 4 is 17.4 Å². The van der Waals surface area contributed by atoms with Crippen molar-refractivity contribution in [3.8, 4) is 5.69 Å². The standard InChI is InChI=1S/C18H22ClNO/c1-5-6-15-7-9-16(10-8-15)20-12(2)11-17(14(20)4)18(21)13(3)19/h7-11,13H,5-6H2,1-4H3. The monoisotopic (exact) mass is 303 g/mol. The topological polar surface area (TPSA) is 22.0 Å². The van der Waals surface area contributed by atoms with Crippen LogP contribution in [-0.2, 0) is 6.42 Å². The second kappa shape index (κ2) is 6.48. The molecule has 1 unspecified atom stereocenters. The lowest BCUT2D eigenvalue weighted by atomic mass is 10.1. The molecule has 1 aromatic heterocycles. The van der Waals surface area contributed by atoms with Crippen LogP contribution in [-0.4, -0.2) is 15.7 Å². The number of benzene rings is 1. The first-order chi connectivity index (χ1) is 9.95. The van der Waals surface area contributed by atoms with Crippen LogP contribution in [0.15, 0.2) is 30.3 Å². The van der Waals surface area contributed by atoms with Crippen LogP contribution in [0.25, 0.3) is 5.69 Å². The van der Waals surface area contributed by atoms with E-state index in [1.165, 1.54) is 5.56 Å². The Kier molecular flexibility index (Phi) is 4.89. The van der Waals surface area contributed by atoms with Gasteiger partial charge in [0.15, 0.2) is 5.78 Å². The van der Waals surface area contributed by atoms with Crippen molar-refractivity contribution in [1.82, 2.24) is 4.57 Å². The van der Waals surface area contributed by atoms with Crippen molar-refractivity contribution in [1.29, 1.82) is 0 Å². The Morgan fingerprint density at radius 3 is 2.38 bits per heavy atom. The molecule has 0 aliphatic rings. The summed E-state index contributed by atoms with van der Waals surface area (Å²) in [6.07, 6.45) is 2.24. The Hall–Kier alpha value is -1.54. The van der Waals surface area contributed by atoms with E-state index in [0.717, 1.165) is 29.9 Å². The van der Waals surface area contributed by atoms with E-state index >= 15 is 0 Å². The molecule has 0 fully saturated rings. The fourth-order valence-corrected chi connectivity index (χ4v) is 2.84. The van der Waals surface area contributed by atoms with Gasteiger partial charge in [-0.25, -0.2) is 0 Å². The Morgan fingerprint density at radius 1 is 1.24 bits per heavy atom. The highest BCUT2D eigenvalue weighted by Gasteiger charge is 2.19. The smallest absolute Gasteiger partial charge is 0.182 e. The number of nitrogens with zero attached hydrogens (tertiary/aromatic N) is 1. The molecule has 2 aromatic rings. The van der Waals surface area contributed by atoms with E-state index in [1.54, 1.807) is 6.92 Å². The van der Waals surface area contributed by atoms with Gasteiger partial charge < -0.3 is 4.57 Å². The number of carbonyl (C=O) groups is 1. The lowest BCUT2D eigenvalue weighted by Gasteiger charge is -2.11. The van der Waals surface area contributed by atoms with E-state index in [-0.39, 0.29) is 5.78 Å². The molecule has 0 aliphatic heterocycles. The van der Waals surface area contributed by atoms with Gasteiger partial charge in [0.25, 0.3) is 0 Å². The molecule has 1 atom stereocenters. The van der Waals surface area contributed by atoms with Crippen molar-refractivity contribution < 1.29 is 4.79 Å². The van der Waals surface area contributed by atoms with Gasteiger partial charge in [0.1, 0.15) is 0 Å². The maximum absolute atomic E-state index is 12.2. The molecule has 2 nitrogen and oxygen atoms in total. The number of aryl methyl sites for hydroxylation is 2. The summed E-state index contributed by atoms with van der Waals surface area (Å²) in [7, 11) is 0.